The molecule has 0 bridgehead atoms. The van der Waals surface area contributed by atoms with Crippen molar-refractivity contribution in [1.82, 2.24) is 0 Å². The molecule has 1 aliphatic rings. The van der Waals surface area contributed by atoms with Crippen LogP contribution in [-0.4, -0.2) is 18.3 Å². The fraction of sp³-hybridized carbons (Fsp3) is 0.600. The molecular formula is C15H22O2. The molecule has 17 heavy (non-hydrogen) atoms. The van der Waals surface area contributed by atoms with E-state index in [0.717, 1.165) is 5.56 Å². The largest absolute Gasteiger partial charge is 0.385 e. The molecule has 0 atom stereocenters. The normalized spacial score (nSPS) is 20.2. The first kappa shape index (κ1) is 12.6. The fourth-order valence-corrected chi connectivity index (χ4v) is 2.27. The van der Waals surface area contributed by atoms with E-state index in [1.54, 1.807) is 0 Å². The van der Waals surface area contributed by atoms with Crippen molar-refractivity contribution >= 4 is 0 Å². The number of ether oxygens (including phenoxy) is 1. The van der Waals surface area contributed by atoms with E-state index in [0.29, 0.717) is 26.1 Å². The van der Waals surface area contributed by atoms with Crippen molar-refractivity contribution in [1.29, 1.82) is 0 Å². The van der Waals surface area contributed by atoms with E-state index in [1.165, 1.54) is 5.56 Å². The molecule has 1 aromatic carbocycles. The molecule has 1 fully saturated rings. The van der Waals surface area contributed by atoms with Gasteiger partial charge in [-0.2, -0.15) is 0 Å². The summed E-state index contributed by atoms with van der Waals surface area (Å²) < 4.78 is 5.32. The molecule has 1 saturated heterocycles. The van der Waals surface area contributed by atoms with Crippen LogP contribution in [0.25, 0.3) is 0 Å². The number of aliphatic hydroxyl groups is 1. The van der Waals surface area contributed by atoms with Crippen molar-refractivity contribution in [2.45, 2.75) is 44.6 Å². The van der Waals surface area contributed by atoms with Gasteiger partial charge in [-0.1, -0.05) is 45.0 Å². The Morgan fingerprint density at radius 3 is 2.41 bits per heavy atom. The van der Waals surface area contributed by atoms with Gasteiger partial charge in [0.05, 0.1) is 5.60 Å². The van der Waals surface area contributed by atoms with Gasteiger partial charge in [0, 0.05) is 26.1 Å². The van der Waals surface area contributed by atoms with Crippen LogP contribution >= 0.6 is 0 Å². The van der Waals surface area contributed by atoms with E-state index in [9.17, 15) is 5.11 Å². The molecule has 0 spiro atoms. The molecule has 2 heteroatoms. The van der Waals surface area contributed by atoms with E-state index >= 15 is 0 Å². The minimum Gasteiger partial charge on any atom is -0.385 e. The summed E-state index contributed by atoms with van der Waals surface area (Å²) in [5, 5.41) is 10.7. The number of hydrogen-bond acceptors (Lipinski definition) is 2. The smallest absolute Gasteiger partial charge is 0.0940 e. The van der Waals surface area contributed by atoms with Gasteiger partial charge in [0.2, 0.25) is 0 Å². The van der Waals surface area contributed by atoms with E-state index in [4.69, 9.17) is 4.74 Å². The average molecular weight is 234 g/mol. The Bertz CT molecular complexity index is 384. The molecule has 94 valence electrons. The standard InChI is InChI=1S/C15H22O2/c1-14(2,3)12-5-4-6-13(11-12)15(16)7-9-17-10-8-15/h4-6,11,16H,7-10H2,1-3H3. The van der Waals surface area contributed by atoms with Crippen LogP contribution in [0.4, 0.5) is 0 Å². The Labute approximate surface area is 104 Å². The van der Waals surface area contributed by atoms with Crippen LogP contribution in [0.1, 0.15) is 44.7 Å². The maximum Gasteiger partial charge on any atom is 0.0940 e. The van der Waals surface area contributed by atoms with Crippen LogP contribution in [0, 0.1) is 0 Å². The zero-order valence-corrected chi connectivity index (χ0v) is 11.0. The topological polar surface area (TPSA) is 29.5 Å². The molecule has 0 amide bonds. The van der Waals surface area contributed by atoms with Crippen molar-refractivity contribution in [2.24, 2.45) is 0 Å². The lowest BCUT2D eigenvalue weighted by molar-refractivity contribution is -0.0679. The summed E-state index contributed by atoms with van der Waals surface area (Å²) in [4.78, 5) is 0. The second-order valence-electron chi connectivity index (χ2n) is 5.97. The van der Waals surface area contributed by atoms with Gasteiger partial charge < -0.3 is 9.84 Å². The van der Waals surface area contributed by atoms with Gasteiger partial charge >= 0.3 is 0 Å². The highest BCUT2D eigenvalue weighted by atomic mass is 16.5. The van der Waals surface area contributed by atoms with Gasteiger partial charge in [0.15, 0.2) is 0 Å². The molecule has 0 unspecified atom stereocenters. The van der Waals surface area contributed by atoms with Gasteiger partial charge in [-0.05, 0) is 16.5 Å². The Kier molecular flexibility index (Phi) is 3.28. The SMILES string of the molecule is CC(C)(C)c1cccc(C2(O)CCOCC2)c1. The van der Waals surface area contributed by atoms with Crippen LogP contribution in [0.3, 0.4) is 0 Å². The van der Waals surface area contributed by atoms with Crippen LogP contribution in [-0.2, 0) is 15.8 Å². The van der Waals surface area contributed by atoms with Gasteiger partial charge in [-0.25, -0.2) is 0 Å². The van der Waals surface area contributed by atoms with Crippen molar-refractivity contribution in [3.05, 3.63) is 35.4 Å². The zero-order valence-electron chi connectivity index (χ0n) is 11.0. The summed E-state index contributed by atoms with van der Waals surface area (Å²) in [7, 11) is 0. The van der Waals surface area contributed by atoms with E-state index in [2.05, 4.69) is 32.9 Å². The Balaban J connectivity index is 2.32. The van der Waals surface area contributed by atoms with Crippen molar-refractivity contribution in [2.75, 3.05) is 13.2 Å². The third kappa shape index (κ3) is 2.70. The van der Waals surface area contributed by atoms with Gasteiger partial charge in [0.25, 0.3) is 0 Å². The van der Waals surface area contributed by atoms with E-state index in [-0.39, 0.29) is 5.41 Å². The monoisotopic (exact) mass is 234 g/mol. The molecule has 0 aliphatic carbocycles. The zero-order chi connectivity index (χ0) is 12.5. The summed E-state index contributed by atoms with van der Waals surface area (Å²) in [5.74, 6) is 0. The summed E-state index contributed by atoms with van der Waals surface area (Å²) >= 11 is 0. The molecule has 2 rings (SSSR count). The first-order valence-corrected chi connectivity index (χ1v) is 6.33. The quantitative estimate of drug-likeness (QED) is 0.809. The number of rotatable bonds is 1. The highest BCUT2D eigenvalue weighted by Gasteiger charge is 2.32. The predicted molar refractivity (Wildman–Crippen MR) is 69.1 cm³/mol. The molecule has 2 nitrogen and oxygen atoms in total. The first-order chi connectivity index (χ1) is 7.92. The first-order valence-electron chi connectivity index (χ1n) is 6.33. The van der Waals surface area contributed by atoms with Crippen LogP contribution in [0.5, 0.6) is 0 Å². The molecule has 1 aliphatic heterocycles. The maximum atomic E-state index is 10.7. The molecule has 1 aromatic rings. The summed E-state index contributed by atoms with van der Waals surface area (Å²) in [6.07, 6.45) is 1.39. The second kappa shape index (κ2) is 4.43. The summed E-state index contributed by atoms with van der Waals surface area (Å²) in [6.45, 7) is 7.88. The highest BCUT2D eigenvalue weighted by Crippen LogP contribution is 2.34. The average Bonchev–Trinajstić information content (AvgIpc) is 2.29. The lowest BCUT2D eigenvalue weighted by Crippen LogP contribution is -2.33. The fourth-order valence-electron chi connectivity index (χ4n) is 2.27. The van der Waals surface area contributed by atoms with Gasteiger partial charge in [0.1, 0.15) is 0 Å². The molecule has 1 N–H and O–H groups in total. The second-order valence-corrected chi connectivity index (χ2v) is 5.97. The van der Waals surface area contributed by atoms with E-state index in [1.807, 2.05) is 12.1 Å². The molecule has 0 aromatic heterocycles. The van der Waals surface area contributed by atoms with Crippen LogP contribution in [0.15, 0.2) is 24.3 Å². The summed E-state index contributed by atoms with van der Waals surface area (Å²) in [5.41, 5.74) is 1.74. The van der Waals surface area contributed by atoms with E-state index < -0.39 is 5.60 Å². The Hall–Kier alpha value is -0.860. The molecule has 0 radical (unpaired) electrons. The highest BCUT2D eigenvalue weighted by molar-refractivity contribution is 5.32. The summed E-state index contributed by atoms with van der Waals surface area (Å²) in [6, 6.07) is 8.35. The molecular weight excluding hydrogens is 212 g/mol. The lowest BCUT2D eigenvalue weighted by atomic mass is 9.81. The Morgan fingerprint density at radius 2 is 1.82 bits per heavy atom. The minimum atomic E-state index is -0.695. The Morgan fingerprint density at radius 1 is 1.18 bits per heavy atom. The lowest BCUT2D eigenvalue weighted by Gasteiger charge is -2.33. The third-order valence-corrected chi connectivity index (χ3v) is 3.59. The van der Waals surface area contributed by atoms with Crippen molar-refractivity contribution < 1.29 is 9.84 Å². The molecule has 1 heterocycles. The van der Waals surface area contributed by atoms with Crippen LogP contribution < -0.4 is 0 Å². The van der Waals surface area contributed by atoms with Gasteiger partial charge in [-0.15, -0.1) is 0 Å². The minimum absolute atomic E-state index is 0.123. The molecule has 0 saturated carbocycles. The maximum absolute atomic E-state index is 10.7. The van der Waals surface area contributed by atoms with Gasteiger partial charge in [-0.3, -0.25) is 0 Å². The third-order valence-electron chi connectivity index (χ3n) is 3.59. The number of hydrogen-bond donors (Lipinski definition) is 1. The van der Waals surface area contributed by atoms with Crippen LogP contribution in [0.2, 0.25) is 0 Å². The van der Waals surface area contributed by atoms with Crippen molar-refractivity contribution in [3.63, 3.8) is 0 Å². The number of benzene rings is 1. The van der Waals surface area contributed by atoms with Crippen molar-refractivity contribution in [3.8, 4) is 0 Å². The predicted octanol–water partition coefficient (Wildman–Crippen LogP) is 2.98.